The summed E-state index contributed by atoms with van der Waals surface area (Å²) in [6.45, 7) is 3.34. The van der Waals surface area contributed by atoms with Crippen molar-refractivity contribution in [3.8, 4) is 5.75 Å². The fourth-order valence-corrected chi connectivity index (χ4v) is 0.872. The van der Waals surface area contributed by atoms with Crippen molar-refractivity contribution in [3.63, 3.8) is 0 Å². The first-order valence-corrected chi connectivity index (χ1v) is 3.34. The summed E-state index contributed by atoms with van der Waals surface area (Å²) in [5, 5.41) is 0.241. The van der Waals surface area contributed by atoms with Crippen molar-refractivity contribution in [2.24, 2.45) is 0 Å². The van der Waals surface area contributed by atoms with Gasteiger partial charge in [0.25, 0.3) is 0 Å². The van der Waals surface area contributed by atoms with E-state index in [0.717, 1.165) is 0 Å². The lowest BCUT2D eigenvalue weighted by molar-refractivity contribution is 0.481. The Morgan fingerprint density at radius 2 is 2.27 bits per heavy atom. The minimum absolute atomic E-state index is 0.241. The summed E-state index contributed by atoms with van der Waals surface area (Å²) < 4.78 is 17.3. The van der Waals surface area contributed by atoms with Gasteiger partial charge in [-0.05, 0) is 18.2 Å². The Bertz CT molecular complexity index is 273. The van der Waals surface area contributed by atoms with Crippen molar-refractivity contribution in [2.45, 2.75) is 0 Å². The number of ether oxygens (including phenoxy) is 1. The molecule has 3 heteroatoms. The second-order valence-corrected chi connectivity index (χ2v) is 2.27. The summed E-state index contributed by atoms with van der Waals surface area (Å²) in [7, 11) is 0. The smallest absolute Gasteiger partial charge is 0.145 e. The fraction of sp³-hybridized carbons (Fsp3) is 0. The van der Waals surface area contributed by atoms with E-state index < -0.39 is 0 Å². The zero-order valence-corrected chi connectivity index (χ0v) is 6.44. The van der Waals surface area contributed by atoms with Gasteiger partial charge in [0.2, 0.25) is 0 Å². The van der Waals surface area contributed by atoms with E-state index in [1.165, 1.54) is 24.5 Å². The van der Waals surface area contributed by atoms with E-state index in [1.807, 2.05) is 0 Å². The molecule has 1 rings (SSSR count). The average molecular weight is 173 g/mol. The van der Waals surface area contributed by atoms with Crippen LogP contribution in [-0.2, 0) is 0 Å². The Balaban J connectivity index is 2.98. The highest BCUT2D eigenvalue weighted by atomic mass is 35.5. The van der Waals surface area contributed by atoms with E-state index >= 15 is 0 Å². The van der Waals surface area contributed by atoms with Crippen LogP contribution in [0.4, 0.5) is 4.39 Å². The lowest BCUT2D eigenvalue weighted by Crippen LogP contribution is -1.82. The lowest BCUT2D eigenvalue weighted by atomic mass is 10.3. The average Bonchev–Trinajstić information content (AvgIpc) is 1.95. The Morgan fingerprint density at radius 3 is 2.82 bits per heavy atom. The molecule has 11 heavy (non-hydrogen) atoms. The first-order valence-electron chi connectivity index (χ1n) is 2.96. The molecule has 0 N–H and O–H groups in total. The van der Waals surface area contributed by atoms with Crippen LogP contribution in [0.1, 0.15) is 0 Å². The first kappa shape index (κ1) is 8.08. The van der Waals surface area contributed by atoms with Gasteiger partial charge in [0.15, 0.2) is 0 Å². The molecule has 0 aliphatic heterocycles. The topological polar surface area (TPSA) is 9.23 Å². The molecule has 0 radical (unpaired) electrons. The van der Waals surface area contributed by atoms with Crippen LogP contribution in [0.15, 0.2) is 31.0 Å². The van der Waals surface area contributed by atoms with Gasteiger partial charge in [0.1, 0.15) is 11.6 Å². The molecular formula is C8H6ClFO. The van der Waals surface area contributed by atoms with Gasteiger partial charge < -0.3 is 4.74 Å². The molecule has 0 bridgehead atoms. The molecule has 0 unspecified atom stereocenters. The third-order valence-electron chi connectivity index (χ3n) is 1.10. The largest absolute Gasteiger partial charge is 0.464 e. The summed E-state index contributed by atoms with van der Waals surface area (Å²) in [5.41, 5.74) is 0. The van der Waals surface area contributed by atoms with Crippen molar-refractivity contribution in [3.05, 3.63) is 41.9 Å². The zero-order chi connectivity index (χ0) is 8.27. The standard InChI is InChI=1S/C8H6ClFO/c1-2-11-8-4-3-6(10)5-7(8)9/h2-5H,1H2. The number of rotatable bonds is 2. The van der Waals surface area contributed by atoms with Crippen LogP contribution in [0.3, 0.4) is 0 Å². The molecule has 0 heterocycles. The van der Waals surface area contributed by atoms with E-state index in [9.17, 15) is 4.39 Å². The van der Waals surface area contributed by atoms with Gasteiger partial charge in [0, 0.05) is 0 Å². The second kappa shape index (κ2) is 3.39. The Kier molecular flexibility index (Phi) is 2.49. The highest BCUT2D eigenvalue weighted by Crippen LogP contribution is 2.24. The molecule has 0 aliphatic carbocycles. The Labute approximate surface area is 69.1 Å². The summed E-state index contributed by atoms with van der Waals surface area (Å²) in [6.07, 6.45) is 1.24. The van der Waals surface area contributed by atoms with Crippen LogP contribution in [0.5, 0.6) is 5.75 Å². The molecule has 0 saturated carbocycles. The summed E-state index contributed by atoms with van der Waals surface area (Å²) in [5.74, 6) is 0.0227. The zero-order valence-electron chi connectivity index (χ0n) is 5.68. The van der Waals surface area contributed by atoms with E-state index in [2.05, 4.69) is 6.58 Å². The molecule has 1 aromatic carbocycles. The third-order valence-corrected chi connectivity index (χ3v) is 1.40. The lowest BCUT2D eigenvalue weighted by Gasteiger charge is -2.00. The molecular weight excluding hydrogens is 167 g/mol. The normalized spacial score (nSPS) is 9.27. The van der Waals surface area contributed by atoms with Crippen molar-refractivity contribution < 1.29 is 9.13 Å². The number of benzene rings is 1. The van der Waals surface area contributed by atoms with Gasteiger partial charge in [-0.2, -0.15) is 0 Å². The van der Waals surface area contributed by atoms with E-state index in [-0.39, 0.29) is 10.8 Å². The molecule has 0 atom stereocenters. The molecule has 58 valence electrons. The predicted octanol–water partition coefficient (Wildman–Crippen LogP) is 3.00. The minimum atomic E-state index is -0.383. The molecule has 0 spiro atoms. The number of hydrogen-bond acceptors (Lipinski definition) is 1. The van der Waals surface area contributed by atoms with Gasteiger partial charge in [0.05, 0.1) is 11.3 Å². The number of halogens is 2. The maximum absolute atomic E-state index is 12.4. The monoisotopic (exact) mass is 172 g/mol. The molecule has 0 fully saturated rings. The van der Waals surface area contributed by atoms with Gasteiger partial charge in [-0.3, -0.25) is 0 Å². The maximum Gasteiger partial charge on any atom is 0.145 e. The molecule has 0 saturated heterocycles. The van der Waals surface area contributed by atoms with Crippen LogP contribution in [0.2, 0.25) is 5.02 Å². The highest BCUT2D eigenvalue weighted by molar-refractivity contribution is 6.32. The van der Waals surface area contributed by atoms with Crippen LogP contribution in [0.25, 0.3) is 0 Å². The van der Waals surface area contributed by atoms with Gasteiger partial charge >= 0.3 is 0 Å². The molecule has 0 aromatic heterocycles. The second-order valence-electron chi connectivity index (χ2n) is 1.86. The summed E-state index contributed by atoms with van der Waals surface area (Å²) >= 11 is 5.60. The van der Waals surface area contributed by atoms with Crippen LogP contribution < -0.4 is 4.74 Å². The van der Waals surface area contributed by atoms with Gasteiger partial charge in [-0.15, -0.1) is 0 Å². The SMILES string of the molecule is C=COc1ccc(F)cc1Cl. The first-order chi connectivity index (χ1) is 5.24. The summed E-state index contributed by atoms with van der Waals surface area (Å²) in [4.78, 5) is 0. The van der Waals surface area contributed by atoms with Crippen molar-refractivity contribution >= 4 is 11.6 Å². The molecule has 1 aromatic rings. The Hall–Kier alpha value is -1.02. The van der Waals surface area contributed by atoms with Crippen LogP contribution in [0, 0.1) is 5.82 Å². The highest BCUT2D eigenvalue weighted by Gasteiger charge is 2.00. The van der Waals surface area contributed by atoms with E-state index in [0.29, 0.717) is 5.75 Å². The van der Waals surface area contributed by atoms with Crippen molar-refractivity contribution in [2.75, 3.05) is 0 Å². The predicted molar refractivity (Wildman–Crippen MR) is 42.2 cm³/mol. The fourth-order valence-electron chi connectivity index (χ4n) is 0.661. The Morgan fingerprint density at radius 1 is 1.55 bits per heavy atom. The molecule has 0 aliphatic rings. The quantitative estimate of drug-likeness (QED) is 0.624. The van der Waals surface area contributed by atoms with Crippen LogP contribution >= 0.6 is 11.6 Å². The third kappa shape index (κ3) is 1.95. The molecule has 1 nitrogen and oxygen atoms in total. The maximum atomic E-state index is 12.4. The van der Waals surface area contributed by atoms with Crippen LogP contribution in [-0.4, -0.2) is 0 Å². The molecule has 0 amide bonds. The van der Waals surface area contributed by atoms with Crippen molar-refractivity contribution in [1.29, 1.82) is 0 Å². The minimum Gasteiger partial charge on any atom is -0.464 e. The van der Waals surface area contributed by atoms with Crippen molar-refractivity contribution in [1.82, 2.24) is 0 Å². The van der Waals surface area contributed by atoms with E-state index in [4.69, 9.17) is 16.3 Å². The van der Waals surface area contributed by atoms with Gasteiger partial charge in [-0.25, -0.2) is 4.39 Å². The van der Waals surface area contributed by atoms with Gasteiger partial charge in [-0.1, -0.05) is 18.2 Å². The summed E-state index contributed by atoms with van der Waals surface area (Å²) in [6, 6.07) is 3.89. The van der Waals surface area contributed by atoms with E-state index in [1.54, 1.807) is 0 Å². The number of hydrogen-bond donors (Lipinski definition) is 0.